The van der Waals surface area contributed by atoms with Crippen LogP contribution < -0.4 is 5.32 Å². The Morgan fingerprint density at radius 1 is 1.42 bits per heavy atom. The molecule has 1 amide bonds. The highest BCUT2D eigenvalue weighted by Crippen LogP contribution is 2.39. The van der Waals surface area contributed by atoms with Gasteiger partial charge in [0.2, 0.25) is 5.91 Å². The van der Waals surface area contributed by atoms with Gasteiger partial charge in [0.05, 0.1) is 5.56 Å². The highest BCUT2D eigenvalue weighted by Gasteiger charge is 2.24. The second-order valence-corrected chi connectivity index (χ2v) is 8.91. The van der Waals surface area contributed by atoms with Crippen LogP contribution in [0.15, 0.2) is 11.2 Å². The molecule has 136 valence electrons. The van der Waals surface area contributed by atoms with E-state index in [1.807, 2.05) is 19.9 Å². The number of fused-ring (bicyclic) bond motifs is 1. The summed E-state index contributed by atoms with van der Waals surface area (Å²) in [6.45, 7) is 6.11. The summed E-state index contributed by atoms with van der Waals surface area (Å²) in [5.41, 5.74) is 3.67. The molecule has 2 aromatic heterocycles. The van der Waals surface area contributed by atoms with Crippen LogP contribution >= 0.6 is 23.1 Å². The van der Waals surface area contributed by atoms with Crippen molar-refractivity contribution in [2.75, 3.05) is 11.1 Å². The Morgan fingerprint density at radius 2 is 2.15 bits per heavy atom. The van der Waals surface area contributed by atoms with Gasteiger partial charge in [0, 0.05) is 28.4 Å². The third kappa shape index (κ3) is 4.43. The van der Waals surface area contributed by atoms with Crippen molar-refractivity contribution in [3.05, 3.63) is 33.5 Å². The van der Waals surface area contributed by atoms with Gasteiger partial charge in [-0.2, -0.15) is 5.26 Å². The maximum absolute atomic E-state index is 12.3. The van der Waals surface area contributed by atoms with Gasteiger partial charge in [-0.3, -0.25) is 4.79 Å². The van der Waals surface area contributed by atoms with Crippen molar-refractivity contribution < 1.29 is 4.79 Å². The van der Waals surface area contributed by atoms with Crippen molar-refractivity contribution in [2.45, 2.75) is 51.6 Å². The number of rotatable bonds is 5. The number of thioether (sulfide) groups is 1. The minimum absolute atomic E-state index is 0.0648. The van der Waals surface area contributed by atoms with Crippen molar-refractivity contribution in [3.63, 3.8) is 0 Å². The fourth-order valence-electron chi connectivity index (χ4n) is 3.14. The van der Waals surface area contributed by atoms with Gasteiger partial charge in [-0.25, -0.2) is 9.97 Å². The van der Waals surface area contributed by atoms with Crippen LogP contribution in [0.25, 0.3) is 0 Å². The van der Waals surface area contributed by atoms with E-state index in [2.05, 4.69) is 28.3 Å². The van der Waals surface area contributed by atoms with Crippen LogP contribution in [0.1, 0.15) is 47.2 Å². The zero-order chi connectivity index (χ0) is 18.7. The molecule has 1 atom stereocenters. The summed E-state index contributed by atoms with van der Waals surface area (Å²) in [4.78, 5) is 22.3. The number of carbonyl (C=O) groups is 1. The Kier molecular flexibility index (Phi) is 5.94. The summed E-state index contributed by atoms with van der Waals surface area (Å²) in [5, 5.41) is 13.9. The van der Waals surface area contributed by atoms with Crippen molar-refractivity contribution in [2.24, 2.45) is 5.92 Å². The minimum Gasteiger partial charge on any atom is -0.317 e. The molecule has 5 nitrogen and oxygen atoms in total. The van der Waals surface area contributed by atoms with Gasteiger partial charge in [-0.15, -0.1) is 11.3 Å². The molecule has 0 radical (unpaired) electrons. The van der Waals surface area contributed by atoms with E-state index in [9.17, 15) is 10.1 Å². The molecule has 1 N–H and O–H groups in total. The number of thiophene rings is 1. The van der Waals surface area contributed by atoms with Gasteiger partial charge in [-0.1, -0.05) is 18.7 Å². The Hall–Kier alpha value is -1.91. The molecule has 0 saturated carbocycles. The summed E-state index contributed by atoms with van der Waals surface area (Å²) < 4.78 is 0. The number of aromatic nitrogens is 2. The Morgan fingerprint density at radius 3 is 2.85 bits per heavy atom. The minimum atomic E-state index is -0.0648. The predicted octanol–water partition coefficient (Wildman–Crippen LogP) is 4.27. The first kappa shape index (κ1) is 18.9. The number of carbonyl (C=O) groups excluding carboxylic acids is 1. The molecule has 1 aliphatic carbocycles. The SMILES string of the molecule is Cc1cc(C)nc(SCCC(=O)Nc2sc3c(c2C#N)CCC(C)C3)n1. The van der Waals surface area contributed by atoms with E-state index in [1.54, 1.807) is 11.3 Å². The second-order valence-electron chi connectivity index (χ2n) is 6.75. The van der Waals surface area contributed by atoms with Crippen molar-refractivity contribution in [1.29, 1.82) is 5.26 Å². The topological polar surface area (TPSA) is 78.7 Å². The number of hydrogen-bond donors (Lipinski definition) is 1. The van der Waals surface area contributed by atoms with Crippen LogP contribution in [0.3, 0.4) is 0 Å². The number of anilines is 1. The lowest BCUT2D eigenvalue weighted by atomic mass is 9.89. The second kappa shape index (κ2) is 8.19. The van der Waals surface area contributed by atoms with Gasteiger partial charge >= 0.3 is 0 Å². The third-order valence-corrected chi connectivity index (χ3v) is 6.42. The standard InChI is InChI=1S/C19H22N4OS2/c1-11-4-5-14-15(10-20)18(26-16(14)8-11)23-17(24)6-7-25-19-21-12(2)9-13(3)22-19/h9,11H,4-8H2,1-3H3,(H,23,24). The van der Waals surface area contributed by atoms with Crippen molar-refractivity contribution in [1.82, 2.24) is 9.97 Å². The zero-order valence-corrected chi connectivity index (χ0v) is 16.9. The van der Waals surface area contributed by atoms with Crippen LogP contribution in [0.5, 0.6) is 0 Å². The van der Waals surface area contributed by atoms with E-state index in [0.29, 0.717) is 33.8 Å². The van der Waals surface area contributed by atoms with E-state index in [-0.39, 0.29) is 5.91 Å². The molecule has 26 heavy (non-hydrogen) atoms. The van der Waals surface area contributed by atoms with Gasteiger partial charge < -0.3 is 5.32 Å². The fraction of sp³-hybridized carbons (Fsp3) is 0.474. The molecule has 0 spiro atoms. The molecule has 2 aromatic rings. The predicted molar refractivity (Wildman–Crippen MR) is 106 cm³/mol. The third-order valence-electron chi connectivity index (χ3n) is 4.40. The number of nitrogens with one attached hydrogen (secondary N) is 1. The number of amides is 1. The number of nitriles is 1. The average molecular weight is 387 g/mol. The first-order valence-electron chi connectivity index (χ1n) is 8.76. The maximum atomic E-state index is 12.3. The van der Waals surface area contributed by atoms with E-state index < -0.39 is 0 Å². The van der Waals surface area contributed by atoms with Crippen LogP contribution in [0, 0.1) is 31.1 Å². The highest BCUT2D eigenvalue weighted by atomic mass is 32.2. The number of nitrogens with zero attached hydrogens (tertiary/aromatic N) is 3. The lowest BCUT2D eigenvalue weighted by molar-refractivity contribution is -0.115. The summed E-state index contributed by atoms with van der Waals surface area (Å²) >= 11 is 3.05. The van der Waals surface area contributed by atoms with Gasteiger partial charge in [0.1, 0.15) is 11.1 Å². The van der Waals surface area contributed by atoms with E-state index >= 15 is 0 Å². The monoisotopic (exact) mass is 386 g/mol. The first-order chi connectivity index (χ1) is 12.5. The molecular weight excluding hydrogens is 364 g/mol. The normalized spacial score (nSPS) is 16.0. The van der Waals surface area contributed by atoms with Gasteiger partial charge in [0.15, 0.2) is 5.16 Å². The van der Waals surface area contributed by atoms with Crippen LogP contribution in [-0.2, 0) is 17.6 Å². The number of hydrogen-bond acceptors (Lipinski definition) is 6. The highest BCUT2D eigenvalue weighted by molar-refractivity contribution is 7.99. The van der Waals surface area contributed by atoms with Crippen LogP contribution in [-0.4, -0.2) is 21.6 Å². The van der Waals surface area contributed by atoms with Crippen molar-refractivity contribution in [3.8, 4) is 6.07 Å². The Bertz CT molecular complexity index is 849. The fourth-order valence-corrected chi connectivity index (χ4v) is 5.40. The van der Waals surface area contributed by atoms with E-state index in [1.165, 1.54) is 16.6 Å². The molecule has 0 aromatic carbocycles. The maximum Gasteiger partial charge on any atom is 0.225 e. The quantitative estimate of drug-likeness (QED) is 0.613. The summed E-state index contributed by atoms with van der Waals surface area (Å²) in [7, 11) is 0. The van der Waals surface area contributed by atoms with E-state index in [0.717, 1.165) is 36.2 Å². The smallest absolute Gasteiger partial charge is 0.225 e. The molecule has 3 rings (SSSR count). The molecule has 0 saturated heterocycles. The Labute approximate surface area is 162 Å². The largest absolute Gasteiger partial charge is 0.317 e. The summed E-state index contributed by atoms with van der Waals surface area (Å²) in [5.74, 6) is 1.19. The molecule has 0 fully saturated rings. The van der Waals surface area contributed by atoms with Crippen LogP contribution in [0.2, 0.25) is 0 Å². The Balaban J connectivity index is 1.59. The van der Waals surface area contributed by atoms with Gasteiger partial charge in [0.25, 0.3) is 0 Å². The average Bonchev–Trinajstić information content (AvgIpc) is 2.89. The zero-order valence-electron chi connectivity index (χ0n) is 15.3. The number of aryl methyl sites for hydroxylation is 2. The molecular formula is C19H22N4OS2. The summed E-state index contributed by atoms with van der Waals surface area (Å²) in [6, 6.07) is 4.22. The molecule has 7 heteroatoms. The molecule has 0 aliphatic heterocycles. The lowest BCUT2D eigenvalue weighted by Gasteiger charge is -2.17. The molecule has 0 bridgehead atoms. The molecule has 1 aliphatic rings. The molecule has 2 heterocycles. The van der Waals surface area contributed by atoms with Crippen LogP contribution in [0.4, 0.5) is 5.00 Å². The van der Waals surface area contributed by atoms with Gasteiger partial charge in [-0.05, 0) is 50.7 Å². The van der Waals surface area contributed by atoms with E-state index in [4.69, 9.17) is 0 Å². The lowest BCUT2D eigenvalue weighted by Crippen LogP contribution is -2.12. The first-order valence-corrected chi connectivity index (χ1v) is 10.6. The summed E-state index contributed by atoms with van der Waals surface area (Å²) in [6.07, 6.45) is 3.42. The molecule has 1 unspecified atom stereocenters. The van der Waals surface area contributed by atoms with Crippen molar-refractivity contribution >= 4 is 34.0 Å².